The maximum Gasteiger partial charge on any atom is 0.256 e. The first kappa shape index (κ1) is 20.6. The molecule has 0 spiro atoms. The quantitative estimate of drug-likeness (QED) is 0.415. The summed E-state index contributed by atoms with van der Waals surface area (Å²) >= 11 is 0. The Labute approximate surface area is 187 Å². The van der Waals surface area contributed by atoms with E-state index in [1.54, 1.807) is 60.3 Å². The van der Waals surface area contributed by atoms with E-state index in [2.05, 4.69) is 20.5 Å². The summed E-state index contributed by atoms with van der Waals surface area (Å²) in [6.45, 7) is -0.0798. The Morgan fingerprint density at radius 3 is 2.79 bits per heavy atom. The van der Waals surface area contributed by atoms with E-state index in [0.29, 0.717) is 33.4 Å². The molecule has 0 unspecified atom stereocenters. The molecular weight excluding hydrogens is 427 g/mol. The summed E-state index contributed by atoms with van der Waals surface area (Å²) in [4.78, 5) is 17.1. The van der Waals surface area contributed by atoms with Crippen molar-refractivity contribution in [2.24, 2.45) is 0 Å². The molecule has 0 radical (unpaired) electrons. The number of nitrogens with one attached hydrogen (secondary N) is 1. The number of fused-ring (bicyclic) bond motifs is 2. The summed E-state index contributed by atoms with van der Waals surface area (Å²) in [7, 11) is 1.55. The van der Waals surface area contributed by atoms with E-state index in [4.69, 9.17) is 4.74 Å². The van der Waals surface area contributed by atoms with Crippen LogP contribution in [0.15, 0.2) is 60.9 Å². The minimum absolute atomic E-state index is 0.0748. The zero-order valence-electron chi connectivity index (χ0n) is 17.6. The Hall–Kier alpha value is -4.31. The van der Waals surface area contributed by atoms with Crippen molar-refractivity contribution in [3.63, 3.8) is 0 Å². The molecule has 2 N–H and O–H groups in total. The second kappa shape index (κ2) is 8.32. The lowest BCUT2D eigenvalue weighted by Crippen LogP contribution is -2.13. The summed E-state index contributed by atoms with van der Waals surface area (Å²) in [6, 6.07) is 13.4. The van der Waals surface area contributed by atoms with Crippen molar-refractivity contribution in [2.75, 3.05) is 19.0 Å². The Balaban J connectivity index is 1.63. The molecule has 9 nitrogen and oxygen atoms in total. The summed E-state index contributed by atoms with van der Waals surface area (Å²) in [6.07, 6.45) is 3.23. The molecule has 0 saturated heterocycles. The molecule has 0 aliphatic rings. The third-order valence-electron chi connectivity index (χ3n) is 5.24. The van der Waals surface area contributed by atoms with Gasteiger partial charge in [-0.3, -0.25) is 4.79 Å². The monoisotopic (exact) mass is 446 g/mol. The number of hydrogen-bond donors (Lipinski definition) is 2. The summed E-state index contributed by atoms with van der Waals surface area (Å²) in [5.74, 6) is -0.224. The van der Waals surface area contributed by atoms with Crippen LogP contribution in [0.4, 0.5) is 10.2 Å². The first-order chi connectivity index (χ1) is 16.1. The average Bonchev–Trinajstić information content (AvgIpc) is 3.40. The number of rotatable bonds is 6. The van der Waals surface area contributed by atoms with E-state index < -0.39 is 5.82 Å². The molecule has 33 heavy (non-hydrogen) atoms. The lowest BCUT2D eigenvalue weighted by atomic mass is 10.1. The van der Waals surface area contributed by atoms with Gasteiger partial charge in [0.15, 0.2) is 17.3 Å². The van der Waals surface area contributed by atoms with Gasteiger partial charge in [0.2, 0.25) is 0 Å². The highest BCUT2D eigenvalue weighted by molar-refractivity contribution is 6.07. The Kier molecular flexibility index (Phi) is 5.19. The second-order valence-corrected chi connectivity index (χ2v) is 7.26. The molecule has 0 fully saturated rings. The summed E-state index contributed by atoms with van der Waals surface area (Å²) in [5.41, 5.74) is 1.93. The van der Waals surface area contributed by atoms with Gasteiger partial charge in [-0.05, 0) is 24.3 Å². The van der Waals surface area contributed by atoms with Gasteiger partial charge in [0.25, 0.3) is 5.91 Å². The fourth-order valence-corrected chi connectivity index (χ4v) is 3.64. The van der Waals surface area contributed by atoms with E-state index in [-0.39, 0.29) is 30.6 Å². The fraction of sp³-hybridized carbons (Fsp3) is 0.130. The molecule has 4 aromatic heterocycles. The van der Waals surface area contributed by atoms with Gasteiger partial charge in [0.1, 0.15) is 11.4 Å². The van der Waals surface area contributed by atoms with Crippen LogP contribution in [0.3, 0.4) is 0 Å². The number of carbonyl (C=O) groups is 1. The van der Waals surface area contributed by atoms with Crippen molar-refractivity contribution < 1.29 is 19.0 Å². The molecule has 0 atom stereocenters. The van der Waals surface area contributed by atoms with Gasteiger partial charge < -0.3 is 15.2 Å². The number of aromatic nitrogens is 5. The number of aliphatic hydroxyl groups excluding tert-OH is 1. The normalized spacial score (nSPS) is 11.2. The van der Waals surface area contributed by atoms with Crippen molar-refractivity contribution in [1.29, 1.82) is 0 Å². The van der Waals surface area contributed by atoms with E-state index in [1.807, 2.05) is 0 Å². The molecule has 166 valence electrons. The molecule has 0 aliphatic carbocycles. The van der Waals surface area contributed by atoms with E-state index in [1.165, 1.54) is 16.9 Å². The van der Waals surface area contributed by atoms with Crippen LogP contribution in [0.1, 0.15) is 10.4 Å². The predicted molar refractivity (Wildman–Crippen MR) is 120 cm³/mol. The second-order valence-electron chi connectivity index (χ2n) is 7.26. The minimum Gasteiger partial charge on any atom is -0.497 e. The SMILES string of the molecule is COc1ccn2ncc(-c3nc4c(cc3F)c(NC(=O)c3ccccc3)nn4CCO)c2c1. The summed E-state index contributed by atoms with van der Waals surface area (Å²) < 4.78 is 23.6. The standard InChI is InChI=1S/C23H19FN6O3/c1-33-15-7-8-29-19(11-15)17(13-25-29)20-18(24)12-16-21(28-30(9-10-31)22(16)26-20)27-23(32)14-5-3-2-4-6-14/h2-8,11-13,31H,9-10H2,1H3,(H,27,28,32). The Morgan fingerprint density at radius 2 is 2.03 bits per heavy atom. The van der Waals surface area contributed by atoms with E-state index in [9.17, 15) is 9.90 Å². The molecule has 5 rings (SSSR count). The lowest BCUT2D eigenvalue weighted by molar-refractivity contribution is 0.102. The van der Waals surface area contributed by atoms with Crippen LogP contribution in [0.25, 0.3) is 27.8 Å². The molecule has 1 amide bonds. The zero-order chi connectivity index (χ0) is 22.9. The molecular formula is C23H19FN6O3. The number of pyridine rings is 2. The first-order valence-corrected chi connectivity index (χ1v) is 10.1. The topological polar surface area (TPSA) is 107 Å². The number of benzene rings is 1. The summed E-state index contributed by atoms with van der Waals surface area (Å²) in [5, 5.41) is 21.1. The van der Waals surface area contributed by atoms with Gasteiger partial charge in [-0.2, -0.15) is 10.2 Å². The molecule has 10 heteroatoms. The van der Waals surface area contributed by atoms with Gasteiger partial charge >= 0.3 is 0 Å². The van der Waals surface area contributed by atoms with Crippen LogP contribution in [0.5, 0.6) is 5.75 Å². The fourth-order valence-electron chi connectivity index (χ4n) is 3.64. The molecule has 4 heterocycles. The highest BCUT2D eigenvalue weighted by Crippen LogP contribution is 2.32. The highest BCUT2D eigenvalue weighted by atomic mass is 19.1. The molecule has 0 aliphatic heterocycles. The van der Waals surface area contributed by atoms with Crippen LogP contribution < -0.4 is 10.1 Å². The van der Waals surface area contributed by atoms with Gasteiger partial charge in [0, 0.05) is 23.4 Å². The van der Waals surface area contributed by atoms with Crippen molar-refractivity contribution in [1.82, 2.24) is 24.4 Å². The van der Waals surface area contributed by atoms with Gasteiger partial charge in [0.05, 0.1) is 37.4 Å². The van der Waals surface area contributed by atoms with Crippen molar-refractivity contribution >= 4 is 28.3 Å². The maximum atomic E-state index is 15.3. The molecule has 1 aromatic carbocycles. The van der Waals surface area contributed by atoms with Crippen LogP contribution >= 0.6 is 0 Å². The number of halogens is 1. The smallest absolute Gasteiger partial charge is 0.256 e. The molecule has 0 bridgehead atoms. The zero-order valence-corrected chi connectivity index (χ0v) is 17.6. The minimum atomic E-state index is -0.598. The van der Waals surface area contributed by atoms with Crippen molar-refractivity contribution in [3.05, 3.63) is 72.3 Å². The average molecular weight is 446 g/mol. The van der Waals surface area contributed by atoms with Gasteiger partial charge in [-0.15, -0.1) is 0 Å². The number of carbonyl (C=O) groups excluding carboxylic acids is 1. The van der Waals surface area contributed by atoms with Crippen LogP contribution in [-0.2, 0) is 6.54 Å². The Bertz CT molecular complexity index is 1480. The van der Waals surface area contributed by atoms with Crippen LogP contribution in [-0.4, -0.2) is 49.1 Å². The number of nitrogens with zero attached hydrogens (tertiary/aromatic N) is 5. The number of hydrogen-bond acceptors (Lipinski definition) is 6. The third-order valence-corrected chi connectivity index (χ3v) is 5.24. The first-order valence-electron chi connectivity index (χ1n) is 10.1. The Morgan fingerprint density at radius 1 is 1.21 bits per heavy atom. The number of amides is 1. The van der Waals surface area contributed by atoms with E-state index >= 15 is 4.39 Å². The molecule has 0 saturated carbocycles. The third kappa shape index (κ3) is 3.66. The highest BCUT2D eigenvalue weighted by Gasteiger charge is 2.21. The largest absolute Gasteiger partial charge is 0.497 e. The number of anilines is 1. The maximum absolute atomic E-state index is 15.3. The lowest BCUT2D eigenvalue weighted by Gasteiger charge is -2.05. The predicted octanol–water partition coefficient (Wildman–Crippen LogP) is 3.14. The van der Waals surface area contributed by atoms with Gasteiger partial charge in [-0.1, -0.05) is 18.2 Å². The van der Waals surface area contributed by atoms with E-state index in [0.717, 1.165) is 0 Å². The van der Waals surface area contributed by atoms with Crippen LogP contribution in [0, 0.1) is 5.82 Å². The van der Waals surface area contributed by atoms with Crippen molar-refractivity contribution in [2.45, 2.75) is 6.54 Å². The number of ether oxygens (including phenoxy) is 1. The van der Waals surface area contributed by atoms with Crippen LogP contribution in [0.2, 0.25) is 0 Å². The van der Waals surface area contributed by atoms with Gasteiger partial charge in [-0.25, -0.2) is 18.6 Å². The number of methoxy groups -OCH3 is 1. The number of aliphatic hydroxyl groups is 1. The molecule has 5 aromatic rings. The van der Waals surface area contributed by atoms with Crippen molar-refractivity contribution in [3.8, 4) is 17.0 Å².